The Morgan fingerprint density at radius 2 is 1.86 bits per heavy atom. The highest BCUT2D eigenvalue weighted by Crippen LogP contribution is 2.24. The van der Waals surface area contributed by atoms with E-state index in [2.05, 4.69) is 4.98 Å². The smallest absolute Gasteiger partial charge is 0.289 e. The first-order valence-corrected chi connectivity index (χ1v) is 9.79. The second-order valence-corrected chi connectivity index (χ2v) is 7.28. The molecule has 1 saturated heterocycles. The van der Waals surface area contributed by atoms with Gasteiger partial charge in [0.25, 0.3) is 5.24 Å². The van der Waals surface area contributed by atoms with Crippen LogP contribution in [0.2, 0.25) is 0 Å². The minimum Gasteiger partial charge on any atom is -0.487 e. The highest BCUT2D eigenvalue weighted by molar-refractivity contribution is 8.14. The molecule has 0 bridgehead atoms. The molecule has 0 N–H and O–H groups in total. The third-order valence-corrected chi connectivity index (χ3v) is 5.25. The van der Waals surface area contributed by atoms with Gasteiger partial charge in [-0.25, -0.2) is 4.98 Å². The van der Waals surface area contributed by atoms with Crippen LogP contribution in [0.1, 0.15) is 17.0 Å². The largest absolute Gasteiger partial charge is 0.487 e. The lowest BCUT2D eigenvalue weighted by Crippen LogP contribution is -2.27. The minimum atomic E-state index is -0.193. The average molecular weight is 394 g/mol. The zero-order valence-corrected chi connectivity index (χ0v) is 16.1. The van der Waals surface area contributed by atoms with E-state index in [0.717, 1.165) is 34.3 Å². The fourth-order valence-corrected chi connectivity index (χ4v) is 3.55. The SMILES string of the molecule is Cc1oc(-c2ccccc2)nc1COc1ccc(CN2C(=O)CSC2=O)cc1. The normalized spacial score (nSPS) is 14.0. The fraction of sp³-hybridized carbons (Fsp3) is 0.190. The van der Waals surface area contributed by atoms with Crippen molar-refractivity contribution in [3.63, 3.8) is 0 Å². The first-order valence-electron chi connectivity index (χ1n) is 8.81. The van der Waals surface area contributed by atoms with Crippen LogP contribution in [-0.4, -0.2) is 26.8 Å². The number of aryl methyl sites for hydroxylation is 1. The summed E-state index contributed by atoms with van der Waals surface area (Å²) in [6, 6.07) is 17.1. The first-order chi connectivity index (χ1) is 13.6. The standard InChI is InChI=1S/C21H18N2O4S/c1-14-18(22-20(27-14)16-5-3-2-4-6-16)12-26-17-9-7-15(8-10-17)11-23-19(24)13-28-21(23)25/h2-10H,11-13H2,1H3. The Kier molecular flexibility index (Phi) is 5.16. The number of aromatic nitrogens is 1. The van der Waals surface area contributed by atoms with Crippen LogP contribution in [0.25, 0.3) is 11.5 Å². The Bertz CT molecular complexity index is 983. The van der Waals surface area contributed by atoms with Gasteiger partial charge < -0.3 is 9.15 Å². The number of rotatable bonds is 6. The van der Waals surface area contributed by atoms with E-state index in [4.69, 9.17) is 9.15 Å². The van der Waals surface area contributed by atoms with Gasteiger partial charge in [0, 0.05) is 5.56 Å². The molecule has 2 heterocycles. The van der Waals surface area contributed by atoms with Gasteiger partial charge in [0.05, 0.1) is 12.3 Å². The Labute approximate surface area is 166 Å². The van der Waals surface area contributed by atoms with Gasteiger partial charge in [-0.2, -0.15) is 0 Å². The van der Waals surface area contributed by atoms with Crippen LogP contribution in [-0.2, 0) is 17.9 Å². The summed E-state index contributed by atoms with van der Waals surface area (Å²) in [5.74, 6) is 2.05. The lowest BCUT2D eigenvalue weighted by Gasteiger charge is -2.13. The van der Waals surface area contributed by atoms with Crippen molar-refractivity contribution < 1.29 is 18.7 Å². The Morgan fingerprint density at radius 1 is 1.11 bits per heavy atom. The van der Waals surface area contributed by atoms with Gasteiger partial charge in [-0.1, -0.05) is 42.1 Å². The Morgan fingerprint density at radius 3 is 2.54 bits per heavy atom. The molecule has 28 heavy (non-hydrogen) atoms. The van der Waals surface area contributed by atoms with E-state index in [-0.39, 0.29) is 23.4 Å². The quantitative estimate of drug-likeness (QED) is 0.616. The zero-order valence-electron chi connectivity index (χ0n) is 15.3. The van der Waals surface area contributed by atoms with E-state index in [1.54, 1.807) is 0 Å². The maximum absolute atomic E-state index is 11.7. The molecule has 2 aromatic carbocycles. The molecular formula is C21H18N2O4S. The van der Waals surface area contributed by atoms with E-state index in [1.807, 2.05) is 61.5 Å². The fourth-order valence-electron chi connectivity index (χ4n) is 2.83. The number of oxazole rings is 1. The van der Waals surface area contributed by atoms with Gasteiger partial charge in [0.2, 0.25) is 11.8 Å². The molecule has 7 heteroatoms. The zero-order chi connectivity index (χ0) is 19.5. The molecule has 2 amide bonds. The summed E-state index contributed by atoms with van der Waals surface area (Å²) in [6.07, 6.45) is 0. The topological polar surface area (TPSA) is 72.6 Å². The molecule has 0 unspecified atom stereocenters. The molecule has 6 nitrogen and oxygen atoms in total. The molecule has 0 atom stereocenters. The molecule has 0 aliphatic carbocycles. The van der Waals surface area contributed by atoms with E-state index in [1.165, 1.54) is 4.90 Å². The van der Waals surface area contributed by atoms with E-state index >= 15 is 0 Å². The maximum atomic E-state index is 11.7. The van der Waals surface area contributed by atoms with Gasteiger partial charge >= 0.3 is 0 Å². The molecule has 1 aliphatic rings. The summed E-state index contributed by atoms with van der Waals surface area (Å²) in [5.41, 5.74) is 2.54. The lowest BCUT2D eigenvalue weighted by atomic mass is 10.2. The third kappa shape index (κ3) is 3.94. The van der Waals surface area contributed by atoms with Gasteiger partial charge in [0.1, 0.15) is 23.8 Å². The number of thioether (sulfide) groups is 1. The predicted octanol–water partition coefficient (Wildman–Crippen LogP) is 4.42. The third-order valence-electron chi connectivity index (χ3n) is 4.39. The van der Waals surface area contributed by atoms with Crippen molar-refractivity contribution in [2.24, 2.45) is 0 Å². The van der Waals surface area contributed by atoms with Gasteiger partial charge in [-0.3, -0.25) is 14.5 Å². The molecular weight excluding hydrogens is 376 g/mol. The van der Waals surface area contributed by atoms with Crippen molar-refractivity contribution >= 4 is 22.9 Å². The minimum absolute atomic E-state index is 0.147. The highest BCUT2D eigenvalue weighted by atomic mass is 32.2. The van der Waals surface area contributed by atoms with Crippen molar-refractivity contribution in [2.45, 2.75) is 20.1 Å². The van der Waals surface area contributed by atoms with Crippen molar-refractivity contribution in [1.29, 1.82) is 0 Å². The highest BCUT2D eigenvalue weighted by Gasteiger charge is 2.29. The monoisotopic (exact) mass is 394 g/mol. The van der Waals surface area contributed by atoms with Crippen LogP contribution in [0.5, 0.6) is 5.75 Å². The molecule has 0 saturated carbocycles. The lowest BCUT2D eigenvalue weighted by molar-refractivity contribution is -0.125. The molecule has 0 radical (unpaired) electrons. The molecule has 3 aromatic rings. The summed E-state index contributed by atoms with van der Waals surface area (Å²) in [6.45, 7) is 2.44. The average Bonchev–Trinajstić information content (AvgIpc) is 3.25. The molecule has 0 spiro atoms. The van der Waals surface area contributed by atoms with Crippen LogP contribution in [0.4, 0.5) is 4.79 Å². The van der Waals surface area contributed by atoms with E-state index in [9.17, 15) is 9.59 Å². The molecule has 142 valence electrons. The second-order valence-electron chi connectivity index (χ2n) is 6.36. The first kappa shape index (κ1) is 18.3. The second kappa shape index (κ2) is 7.90. The van der Waals surface area contributed by atoms with Crippen LogP contribution >= 0.6 is 11.8 Å². The van der Waals surface area contributed by atoms with Crippen LogP contribution in [0.3, 0.4) is 0 Å². The molecule has 1 aromatic heterocycles. The van der Waals surface area contributed by atoms with E-state index in [0.29, 0.717) is 18.2 Å². The van der Waals surface area contributed by atoms with Gasteiger partial charge in [-0.05, 0) is 36.8 Å². The maximum Gasteiger partial charge on any atom is 0.289 e. The number of benzene rings is 2. The van der Waals surface area contributed by atoms with Gasteiger partial charge in [-0.15, -0.1) is 0 Å². The summed E-state index contributed by atoms with van der Waals surface area (Å²) >= 11 is 1.04. The summed E-state index contributed by atoms with van der Waals surface area (Å²) in [7, 11) is 0. The van der Waals surface area contributed by atoms with Crippen molar-refractivity contribution in [1.82, 2.24) is 9.88 Å². The summed E-state index contributed by atoms with van der Waals surface area (Å²) < 4.78 is 11.6. The van der Waals surface area contributed by atoms with Crippen LogP contribution in [0, 0.1) is 6.92 Å². The van der Waals surface area contributed by atoms with Crippen molar-refractivity contribution in [2.75, 3.05) is 5.75 Å². The Hall–Kier alpha value is -3.06. The Balaban J connectivity index is 1.38. The van der Waals surface area contributed by atoms with Crippen LogP contribution in [0.15, 0.2) is 59.0 Å². The predicted molar refractivity (Wildman–Crippen MR) is 106 cm³/mol. The number of ether oxygens (including phenoxy) is 1. The summed E-state index contributed by atoms with van der Waals surface area (Å²) in [4.78, 5) is 29.2. The number of amides is 2. The van der Waals surface area contributed by atoms with Crippen LogP contribution < -0.4 is 4.74 Å². The number of carbonyl (C=O) groups excluding carboxylic acids is 2. The molecule has 1 aliphatic heterocycles. The van der Waals surface area contributed by atoms with Crippen molar-refractivity contribution in [3.8, 4) is 17.2 Å². The molecule has 1 fully saturated rings. The number of hydrogen-bond donors (Lipinski definition) is 0. The van der Waals surface area contributed by atoms with E-state index < -0.39 is 0 Å². The molecule has 4 rings (SSSR count). The number of nitrogens with zero attached hydrogens (tertiary/aromatic N) is 2. The van der Waals surface area contributed by atoms with Crippen molar-refractivity contribution in [3.05, 3.63) is 71.6 Å². The van der Waals surface area contributed by atoms with Gasteiger partial charge in [0.15, 0.2) is 0 Å². The number of imide groups is 1. The summed E-state index contributed by atoms with van der Waals surface area (Å²) in [5, 5.41) is -0.193. The number of carbonyl (C=O) groups is 2. The number of hydrogen-bond acceptors (Lipinski definition) is 6.